The Balaban J connectivity index is 2.35. The van der Waals surface area contributed by atoms with Crippen LogP contribution in [0.1, 0.15) is 32.1 Å². The third-order valence-corrected chi connectivity index (χ3v) is 4.99. The number of hydrogen-bond donors (Lipinski definition) is 0. The number of hydrogen-bond acceptors (Lipinski definition) is 2. The quantitative estimate of drug-likeness (QED) is 0.474. The van der Waals surface area contributed by atoms with Crippen LogP contribution in [0.3, 0.4) is 0 Å². The van der Waals surface area contributed by atoms with Gasteiger partial charge in [-0.1, -0.05) is 12.8 Å². The van der Waals surface area contributed by atoms with Crippen LogP contribution < -0.4 is 0 Å². The highest BCUT2D eigenvalue weighted by Gasteiger charge is 2.38. The van der Waals surface area contributed by atoms with E-state index >= 15 is 0 Å². The van der Waals surface area contributed by atoms with Gasteiger partial charge >= 0.3 is 0 Å². The van der Waals surface area contributed by atoms with E-state index in [0.29, 0.717) is 30.9 Å². The molecule has 1 rings (SSSR count). The highest BCUT2D eigenvalue weighted by molar-refractivity contribution is 6.21. The summed E-state index contributed by atoms with van der Waals surface area (Å²) in [6, 6.07) is 0. The Morgan fingerprint density at radius 1 is 1.06 bits per heavy atom. The maximum absolute atomic E-state index is 6.18. The molecule has 0 unspecified atom stereocenters. The fourth-order valence-corrected chi connectivity index (χ4v) is 3.64. The summed E-state index contributed by atoms with van der Waals surface area (Å²) in [4.78, 5) is 0. The molecule has 0 bridgehead atoms. The smallest absolute Gasteiger partial charge is 0.0700 e. The molecule has 0 heterocycles. The number of alkyl halides is 2. The molecule has 0 spiro atoms. The molecule has 1 aliphatic carbocycles. The van der Waals surface area contributed by atoms with Gasteiger partial charge in [0.25, 0.3) is 0 Å². The Labute approximate surface area is 115 Å². The van der Waals surface area contributed by atoms with Crippen LogP contribution >= 0.6 is 23.2 Å². The molecule has 0 amide bonds. The molecule has 17 heavy (non-hydrogen) atoms. The van der Waals surface area contributed by atoms with Crippen molar-refractivity contribution in [1.29, 1.82) is 0 Å². The summed E-state index contributed by atoms with van der Waals surface area (Å²) >= 11 is 12.4. The summed E-state index contributed by atoms with van der Waals surface area (Å²) in [5, 5.41) is 0. The number of rotatable bonds is 9. The molecule has 0 aliphatic heterocycles. The van der Waals surface area contributed by atoms with Gasteiger partial charge in [-0.3, -0.25) is 0 Å². The fourth-order valence-electron chi connectivity index (χ4n) is 2.65. The molecular weight excluding hydrogens is 259 g/mol. The summed E-state index contributed by atoms with van der Waals surface area (Å²) in [6.07, 6.45) is 6.17. The van der Waals surface area contributed by atoms with Crippen molar-refractivity contribution in [2.24, 2.45) is 11.3 Å². The summed E-state index contributed by atoms with van der Waals surface area (Å²) in [5.74, 6) is 1.98. The highest BCUT2D eigenvalue weighted by Crippen LogP contribution is 2.44. The second-order valence-electron chi connectivity index (χ2n) is 4.97. The summed E-state index contributed by atoms with van der Waals surface area (Å²) in [5.41, 5.74) is 0.0761. The first kappa shape index (κ1) is 15.6. The lowest BCUT2D eigenvalue weighted by Crippen LogP contribution is -2.34. The standard InChI is InChI=1S/C13H24Cl2O2/c1-16-8-9-17-7-6-13(10-14,11-15)12-4-2-3-5-12/h12H,2-11H2,1H3. The fraction of sp³-hybridized carbons (Fsp3) is 1.00. The summed E-state index contributed by atoms with van der Waals surface area (Å²) < 4.78 is 10.5. The predicted molar refractivity (Wildman–Crippen MR) is 73.1 cm³/mol. The highest BCUT2D eigenvalue weighted by atomic mass is 35.5. The lowest BCUT2D eigenvalue weighted by atomic mass is 9.75. The lowest BCUT2D eigenvalue weighted by Gasteiger charge is -2.35. The Morgan fingerprint density at radius 3 is 2.24 bits per heavy atom. The maximum atomic E-state index is 6.18. The zero-order valence-corrected chi connectivity index (χ0v) is 12.2. The van der Waals surface area contributed by atoms with Crippen LogP contribution in [0.5, 0.6) is 0 Å². The maximum Gasteiger partial charge on any atom is 0.0700 e. The second kappa shape index (κ2) is 8.58. The van der Waals surface area contributed by atoms with Crippen LogP contribution in [0.2, 0.25) is 0 Å². The molecule has 0 atom stereocenters. The third-order valence-electron chi connectivity index (χ3n) is 3.93. The molecule has 4 heteroatoms. The largest absolute Gasteiger partial charge is 0.382 e. The van der Waals surface area contributed by atoms with Crippen LogP contribution in [0.25, 0.3) is 0 Å². The van der Waals surface area contributed by atoms with E-state index in [2.05, 4.69) is 0 Å². The van der Waals surface area contributed by atoms with Gasteiger partial charge in [-0.05, 0) is 25.2 Å². The molecule has 0 aromatic heterocycles. The minimum atomic E-state index is 0.0761. The third kappa shape index (κ3) is 4.59. The lowest BCUT2D eigenvalue weighted by molar-refractivity contribution is 0.0473. The molecule has 2 nitrogen and oxygen atoms in total. The molecule has 1 fully saturated rings. The van der Waals surface area contributed by atoms with Crippen molar-refractivity contribution >= 4 is 23.2 Å². The van der Waals surface area contributed by atoms with Crippen LogP contribution in [0, 0.1) is 11.3 Å². The molecular formula is C13H24Cl2O2. The minimum Gasteiger partial charge on any atom is -0.382 e. The van der Waals surface area contributed by atoms with Gasteiger partial charge < -0.3 is 9.47 Å². The number of halogens is 2. The average Bonchev–Trinajstić information content (AvgIpc) is 2.89. The van der Waals surface area contributed by atoms with E-state index in [1.165, 1.54) is 25.7 Å². The Hall–Kier alpha value is 0.500. The monoisotopic (exact) mass is 282 g/mol. The van der Waals surface area contributed by atoms with Crippen molar-refractivity contribution in [3.05, 3.63) is 0 Å². The Bertz CT molecular complexity index is 190. The molecule has 1 aliphatic rings. The first-order valence-electron chi connectivity index (χ1n) is 6.47. The van der Waals surface area contributed by atoms with Crippen molar-refractivity contribution in [3.63, 3.8) is 0 Å². The summed E-state index contributed by atoms with van der Waals surface area (Å²) in [6.45, 7) is 2.04. The van der Waals surface area contributed by atoms with Crippen molar-refractivity contribution in [2.75, 3.05) is 38.7 Å². The van der Waals surface area contributed by atoms with Crippen molar-refractivity contribution in [3.8, 4) is 0 Å². The molecule has 0 radical (unpaired) electrons. The number of methoxy groups -OCH3 is 1. The molecule has 0 saturated heterocycles. The van der Waals surface area contributed by atoms with Gasteiger partial charge in [-0.2, -0.15) is 0 Å². The first-order valence-corrected chi connectivity index (χ1v) is 7.54. The van der Waals surface area contributed by atoms with Gasteiger partial charge in [0.1, 0.15) is 0 Å². The van der Waals surface area contributed by atoms with Crippen LogP contribution in [-0.2, 0) is 9.47 Å². The molecule has 0 aromatic rings. The first-order chi connectivity index (χ1) is 8.29. The van der Waals surface area contributed by atoms with E-state index in [4.69, 9.17) is 32.7 Å². The van der Waals surface area contributed by atoms with Crippen molar-refractivity contribution in [1.82, 2.24) is 0 Å². The normalized spacial score (nSPS) is 17.8. The van der Waals surface area contributed by atoms with E-state index in [0.717, 1.165) is 13.0 Å². The van der Waals surface area contributed by atoms with Gasteiger partial charge in [-0.25, -0.2) is 0 Å². The summed E-state index contributed by atoms with van der Waals surface area (Å²) in [7, 11) is 1.68. The average molecular weight is 283 g/mol. The molecule has 0 N–H and O–H groups in total. The van der Waals surface area contributed by atoms with E-state index in [9.17, 15) is 0 Å². The van der Waals surface area contributed by atoms with Gasteiger partial charge in [0, 0.05) is 30.9 Å². The zero-order valence-electron chi connectivity index (χ0n) is 10.7. The second-order valence-corrected chi connectivity index (χ2v) is 5.50. The van der Waals surface area contributed by atoms with Crippen LogP contribution in [0.4, 0.5) is 0 Å². The van der Waals surface area contributed by atoms with E-state index in [1.54, 1.807) is 7.11 Å². The predicted octanol–water partition coefficient (Wildman–Crippen LogP) is 3.69. The Kier molecular flexibility index (Phi) is 7.85. The van der Waals surface area contributed by atoms with E-state index < -0.39 is 0 Å². The number of ether oxygens (including phenoxy) is 2. The van der Waals surface area contributed by atoms with Crippen molar-refractivity contribution in [2.45, 2.75) is 32.1 Å². The van der Waals surface area contributed by atoms with Gasteiger partial charge in [0.2, 0.25) is 0 Å². The van der Waals surface area contributed by atoms with Crippen LogP contribution in [-0.4, -0.2) is 38.7 Å². The van der Waals surface area contributed by atoms with Crippen LogP contribution in [0.15, 0.2) is 0 Å². The molecule has 1 saturated carbocycles. The molecule has 102 valence electrons. The minimum absolute atomic E-state index is 0.0761. The van der Waals surface area contributed by atoms with Gasteiger partial charge in [0.15, 0.2) is 0 Å². The zero-order chi connectivity index (χ0) is 12.6. The van der Waals surface area contributed by atoms with E-state index in [-0.39, 0.29) is 5.41 Å². The SMILES string of the molecule is COCCOCCC(CCl)(CCl)C1CCCC1. The van der Waals surface area contributed by atoms with Gasteiger partial charge in [-0.15, -0.1) is 23.2 Å². The Morgan fingerprint density at radius 2 is 1.71 bits per heavy atom. The van der Waals surface area contributed by atoms with Gasteiger partial charge in [0.05, 0.1) is 13.2 Å². The topological polar surface area (TPSA) is 18.5 Å². The van der Waals surface area contributed by atoms with E-state index in [1.807, 2.05) is 0 Å². The molecule has 0 aromatic carbocycles. The van der Waals surface area contributed by atoms with Crippen molar-refractivity contribution < 1.29 is 9.47 Å².